The van der Waals surface area contributed by atoms with Gasteiger partial charge in [0.05, 0.1) is 18.1 Å². The fraction of sp³-hybridized carbons (Fsp3) is 0.294. The molecule has 7 nitrogen and oxygen atoms in total. The van der Waals surface area contributed by atoms with Crippen molar-refractivity contribution in [3.05, 3.63) is 70.0 Å². The number of nitro benzene ring substituents is 1. The number of non-ortho nitro benzene ring substituents is 1. The van der Waals surface area contributed by atoms with Crippen molar-refractivity contribution in [1.29, 1.82) is 0 Å². The van der Waals surface area contributed by atoms with Crippen LogP contribution in [0.1, 0.15) is 25.2 Å². The fourth-order valence-corrected chi connectivity index (χ4v) is 4.34. The number of anilines is 1. The topological polar surface area (TPSA) is 90.7 Å². The summed E-state index contributed by atoms with van der Waals surface area (Å²) < 4.78 is 37.4. The normalized spacial score (nSPS) is 12.6. The molecular weight excluding hydrogens is 362 g/mol. The minimum absolute atomic E-state index is 0.115. The van der Waals surface area contributed by atoms with Crippen LogP contribution in [0.4, 0.5) is 15.8 Å². The highest BCUT2D eigenvalue weighted by atomic mass is 31.2. The van der Waals surface area contributed by atoms with Gasteiger partial charge >= 0.3 is 7.60 Å². The minimum Gasteiger partial charge on any atom is -0.368 e. The molecule has 0 saturated heterocycles. The van der Waals surface area contributed by atoms with Crippen LogP contribution in [0, 0.1) is 15.9 Å². The lowest BCUT2D eigenvalue weighted by atomic mass is 10.2. The Morgan fingerprint density at radius 2 is 1.77 bits per heavy atom. The number of rotatable bonds is 9. The van der Waals surface area contributed by atoms with E-state index in [9.17, 15) is 19.1 Å². The lowest BCUT2D eigenvalue weighted by Gasteiger charge is -2.28. The van der Waals surface area contributed by atoms with Crippen LogP contribution in [0.15, 0.2) is 48.5 Å². The van der Waals surface area contributed by atoms with E-state index in [0.717, 1.165) is 0 Å². The smallest absolute Gasteiger partial charge is 0.357 e. The number of nitrogens with zero attached hydrogens (tertiary/aromatic N) is 1. The second kappa shape index (κ2) is 8.89. The van der Waals surface area contributed by atoms with Crippen LogP contribution in [0.5, 0.6) is 0 Å². The molecular formula is C17H20FN2O5P. The summed E-state index contributed by atoms with van der Waals surface area (Å²) in [5, 5.41) is 14.0. The van der Waals surface area contributed by atoms with Gasteiger partial charge in [0, 0.05) is 17.8 Å². The first-order chi connectivity index (χ1) is 12.4. The summed E-state index contributed by atoms with van der Waals surface area (Å²) in [5.41, 5.74) is 0.729. The van der Waals surface area contributed by atoms with Crippen molar-refractivity contribution < 1.29 is 22.9 Å². The molecule has 2 aromatic rings. The minimum atomic E-state index is -3.67. The highest BCUT2D eigenvalue weighted by Crippen LogP contribution is 2.60. The second-order valence-electron chi connectivity index (χ2n) is 5.28. The van der Waals surface area contributed by atoms with Gasteiger partial charge in [0.2, 0.25) is 0 Å². The Balaban J connectivity index is 2.46. The third kappa shape index (κ3) is 4.88. The first-order valence-electron chi connectivity index (χ1n) is 8.05. The Morgan fingerprint density at radius 1 is 1.15 bits per heavy atom. The molecule has 0 heterocycles. The van der Waals surface area contributed by atoms with Gasteiger partial charge in [-0.3, -0.25) is 14.7 Å². The standard InChI is InChI=1S/C17H20FN2O5P/c1-3-24-26(23,25-4-2)17(13-8-10-14(18)11-9-13)19-15-6-5-7-16(12-15)20(21)22/h5-12,17,19H,3-4H2,1-2H3. The van der Waals surface area contributed by atoms with Crippen molar-refractivity contribution in [2.24, 2.45) is 0 Å². The van der Waals surface area contributed by atoms with Gasteiger partial charge in [0.25, 0.3) is 5.69 Å². The van der Waals surface area contributed by atoms with Crippen molar-refractivity contribution in [3.63, 3.8) is 0 Å². The van der Waals surface area contributed by atoms with Crippen molar-refractivity contribution >= 4 is 19.0 Å². The van der Waals surface area contributed by atoms with Crippen molar-refractivity contribution in [1.82, 2.24) is 0 Å². The molecule has 0 fully saturated rings. The fourth-order valence-electron chi connectivity index (χ4n) is 2.40. The van der Waals surface area contributed by atoms with Gasteiger partial charge in [-0.1, -0.05) is 18.2 Å². The zero-order valence-electron chi connectivity index (χ0n) is 14.4. The van der Waals surface area contributed by atoms with Crippen molar-refractivity contribution in [3.8, 4) is 0 Å². The molecule has 0 aromatic heterocycles. The molecule has 0 aliphatic heterocycles. The zero-order chi connectivity index (χ0) is 19.2. The van der Waals surface area contributed by atoms with Gasteiger partial charge in [-0.15, -0.1) is 0 Å². The third-order valence-electron chi connectivity index (χ3n) is 3.48. The molecule has 0 aliphatic carbocycles. The quantitative estimate of drug-likeness (QED) is 0.368. The number of halogens is 1. The molecule has 1 unspecified atom stereocenters. The predicted molar refractivity (Wildman–Crippen MR) is 96.7 cm³/mol. The number of hydrogen-bond donors (Lipinski definition) is 1. The van der Waals surface area contributed by atoms with E-state index in [1.54, 1.807) is 19.9 Å². The largest absolute Gasteiger partial charge is 0.368 e. The highest BCUT2D eigenvalue weighted by molar-refractivity contribution is 7.54. The SMILES string of the molecule is CCOP(=O)(OCC)C(Nc1cccc([N+](=O)[O-])c1)c1ccc(F)cc1. The van der Waals surface area contributed by atoms with E-state index < -0.39 is 24.1 Å². The second-order valence-corrected chi connectivity index (χ2v) is 7.39. The first kappa shape index (κ1) is 20.0. The van der Waals surface area contributed by atoms with Crippen LogP contribution in [-0.4, -0.2) is 18.1 Å². The molecule has 0 radical (unpaired) electrons. The predicted octanol–water partition coefficient (Wildman–Crippen LogP) is 5.11. The molecule has 0 aliphatic rings. The Morgan fingerprint density at radius 3 is 2.31 bits per heavy atom. The summed E-state index contributed by atoms with van der Waals surface area (Å²) in [6.07, 6.45) is 0. The van der Waals surface area contributed by atoms with E-state index in [2.05, 4.69) is 5.32 Å². The van der Waals surface area contributed by atoms with E-state index in [-0.39, 0.29) is 18.9 Å². The van der Waals surface area contributed by atoms with Crippen LogP contribution in [0.2, 0.25) is 0 Å². The molecule has 0 bridgehead atoms. The van der Waals surface area contributed by atoms with Crippen molar-refractivity contribution in [2.75, 3.05) is 18.5 Å². The van der Waals surface area contributed by atoms with E-state index in [4.69, 9.17) is 9.05 Å². The molecule has 2 aromatic carbocycles. The van der Waals surface area contributed by atoms with E-state index >= 15 is 0 Å². The Bertz CT molecular complexity index is 790. The Labute approximate surface area is 150 Å². The maximum atomic E-state index is 13.3. The summed E-state index contributed by atoms with van der Waals surface area (Å²) >= 11 is 0. The monoisotopic (exact) mass is 382 g/mol. The van der Waals surface area contributed by atoms with Gasteiger partial charge in [-0.25, -0.2) is 4.39 Å². The van der Waals surface area contributed by atoms with Gasteiger partial charge < -0.3 is 14.4 Å². The summed E-state index contributed by atoms with van der Waals surface area (Å²) in [4.78, 5) is 10.5. The number of nitrogens with one attached hydrogen (secondary N) is 1. The molecule has 140 valence electrons. The summed E-state index contributed by atoms with van der Waals surface area (Å²) in [6.45, 7) is 3.65. The van der Waals surface area contributed by atoms with Crippen LogP contribution in [0.25, 0.3) is 0 Å². The van der Waals surface area contributed by atoms with Crippen LogP contribution in [-0.2, 0) is 13.6 Å². The van der Waals surface area contributed by atoms with Gasteiger partial charge in [-0.2, -0.15) is 0 Å². The molecule has 26 heavy (non-hydrogen) atoms. The summed E-state index contributed by atoms with van der Waals surface area (Å²) in [7, 11) is -3.67. The van der Waals surface area contributed by atoms with Crippen LogP contribution < -0.4 is 5.32 Å². The summed E-state index contributed by atoms with van der Waals surface area (Å²) in [6, 6.07) is 11.2. The van der Waals surface area contributed by atoms with Gasteiger partial charge in [0.15, 0.2) is 5.78 Å². The molecule has 0 spiro atoms. The third-order valence-corrected chi connectivity index (χ3v) is 5.78. The summed E-state index contributed by atoms with van der Waals surface area (Å²) in [5.74, 6) is -1.39. The van der Waals surface area contributed by atoms with Gasteiger partial charge in [-0.05, 0) is 37.6 Å². The molecule has 9 heteroatoms. The number of hydrogen-bond acceptors (Lipinski definition) is 6. The highest BCUT2D eigenvalue weighted by Gasteiger charge is 2.37. The van der Waals surface area contributed by atoms with Crippen LogP contribution >= 0.6 is 7.60 Å². The van der Waals surface area contributed by atoms with Crippen LogP contribution in [0.3, 0.4) is 0 Å². The molecule has 1 atom stereocenters. The molecule has 0 saturated carbocycles. The first-order valence-corrected chi connectivity index (χ1v) is 9.66. The molecule has 2 rings (SSSR count). The average molecular weight is 382 g/mol. The van der Waals surface area contributed by atoms with E-state index in [0.29, 0.717) is 11.3 Å². The maximum Gasteiger partial charge on any atom is 0.357 e. The molecule has 0 amide bonds. The molecule has 1 N–H and O–H groups in total. The number of nitro groups is 1. The van der Waals surface area contributed by atoms with E-state index in [1.807, 2.05) is 0 Å². The maximum absolute atomic E-state index is 13.3. The average Bonchev–Trinajstić information content (AvgIpc) is 2.61. The Hall–Kier alpha value is -2.28. The van der Waals surface area contributed by atoms with E-state index in [1.165, 1.54) is 42.5 Å². The zero-order valence-corrected chi connectivity index (χ0v) is 15.3. The lowest BCUT2D eigenvalue weighted by Crippen LogP contribution is -2.15. The van der Waals surface area contributed by atoms with Gasteiger partial charge in [0.1, 0.15) is 5.82 Å². The number of benzene rings is 2. The lowest BCUT2D eigenvalue weighted by molar-refractivity contribution is -0.384. The Kier molecular flexibility index (Phi) is 6.85. The van der Waals surface area contributed by atoms with Crippen molar-refractivity contribution in [2.45, 2.75) is 19.6 Å².